The van der Waals surface area contributed by atoms with Crippen LogP contribution in [0.2, 0.25) is 0 Å². The van der Waals surface area contributed by atoms with Crippen LogP contribution in [0, 0.1) is 17.3 Å². The van der Waals surface area contributed by atoms with Crippen molar-refractivity contribution in [1.82, 2.24) is 9.55 Å². The average Bonchev–Trinajstić information content (AvgIpc) is 3.30. The lowest BCUT2D eigenvalue weighted by atomic mass is 9.71. The Labute approximate surface area is 220 Å². The lowest BCUT2D eigenvalue weighted by Crippen LogP contribution is -2.36. The standard InChI is InChI=1S/C31H38N2O4/c1-21(2)26(31(3,4)30(34)35)15-18-36-24-12-14-27-23(19-24)20-25(29-32-16-17-33(29)5)28(37-27)13-11-22-9-7-6-8-10-22/h6-10,12,14,16-17,19-21,26,28H,11,13,15,18H2,1-5H3,(H,34,35). The van der Waals surface area contributed by atoms with Crippen LogP contribution in [0.5, 0.6) is 11.5 Å². The summed E-state index contributed by atoms with van der Waals surface area (Å²) >= 11 is 0. The van der Waals surface area contributed by atoms with Crippen molar-refractivity contribution >= 4 is 17.6 Å². The van der Waals surface area contributed by atoms with Crippen molar-refractivity contribution in [2.24, 2.45) is 24.3 Å². The highest BCUT2D eigenvalue weighted by Crippen LogP contribution is 2.38. The fourth-order valence-corrected chi connectivity index (χ4v) is 5.31. The molecule has 4 rings (SSSR count). The molecule has 0 spiro atoms. The Morgan fingerprint density at radius 1 is 1.19 bits per heavy atom. The Balaban J connectivity index is 1.51. The number of benzene rings is 2. The molecule has 37 heavy (non-hydrogen) atoms. The number of fused-ring (bicyclic) bond motifs is 1. The van der Waals surface area contributed by atoms with Crippen LogP contribution < -0.4 is 9.47 Å². The van der Waals surface area contributed by atoms with E-state index in [1.165, 1.54) is 5.56 Å². The van der Waals surface area contributed by atoms with Crippen molar-refractivity contribution in [1.29, 1.82) is 0 Å². The van der Waals surface area contributed by atoms with Crippen LogP contribution in [0.4, 0.5) is 0 Å². The number of aryl methyl sites for hydroxylation is 2. The molecule has 3 aromatic rings. The normalized spacial score (nSPS) is 16.1. The van der Waals surface area contributed by atoms with E-state index in [1.807, 2.05) is 48.3 Å². The Morgan fingerprint density at radius 3 is 2.59 bits per heavy atom. The molecule has 1 aromatic heterocycles. The second kappa shape index (κ2) is 11.2. The van der Waals surface area contributed by atoms with E-state index >= 15 is 0 Å². The molecule has 0 radical (unpaired) electrons. The van der Waals surface area contributed by atoms with Crippen molar-refractivity contribution in [2.75, 3.05) is 6.61 Å². The third-order valence-electron chi connectivity index (χ3n) is 7.51. The molecule has 0 saturated carbocycles. The Morgan fingerprint density at radius 2 is 1.95 bits per heavy atom. The van der Waals surface area contributed by atoms with Gasteiger partial charge in [-0.15, -0.1) is 0 Å². The zero-order valence-corrected chi connectivity index (χ0v) is 22.5. The number of carbonyl (C=O) groups is 1. The number of carboxylic acids is 1. The number of ether oxygens (including phenoxy) is 2. The topological polar surface area (TPSA) is 73.6 Å². The van der Waals surface area contributed by atoms with Gasteiger partial charge in [0, 0.05) is 30.6 Å². The summed E-state index contributed by atoms with van der Waals surface area (Å²) in [5.74, 6) is 1.94. The third kappa shape index (κ3) is 6.07. The first-order valence-electron chi connectivity index (χ1n) is 13.1. The van der Waals surface area contributed by atoms with Crippen molar-refractivity contribution in [2.45, 2.75) is 53.1 Å². The van der Waals surface area contributed by atoms with E-state index < -0.39 is 11.4 Å². The molecular weight excluding hydrogens is 464 g/mol. The maximum atomic E-state index is 11.8. The van der Waals surface area contributed by atoms with Crippen molar-refractivity contribution in [3.8, 4) is 11.5 Å². The number of carboxylic acid groups (broad SMARTS) is 1. The number of aromatic nitrogens is 2. The minimum atomic E-state index is -0.810. The van der Waals surface area contributed by atoms with Gasteiger partial charge >= 0.3 is 5.97 Å². The zero-order chi connectivity index (χ0) is 26.6. The van der Waals surface area contributed by atoms with Crippen LogP contribution in [-0.2, 0) is 18.3 Å². The van der Waals surface area contributed by atoms with Crippen LogP contribution in [0.15, 0.2) is 60.9 Å². The molecule has 1 N–H and O–H groups in total. The molecule has 2 aromatic carbocycles. The molecule has 2 unspecified atom stereocenters. The van der Waals surface area contributed by atoms with Gasteiger partial charge in [-0.05, 0) is 74.8 Å². The molecule has 0 aliphatic carbocycles. The molecule has 0 amide bonds. The van der Waals surface area contributed by atoms with Gasteiger partial charge in [0.25, 0.3) is 0 Å². The molecule has 2 atom stereocenters. The fourth-order valence-electron chi connectivity index (χ4n) is 5.31. The zero-order valence-electron chi connectivity index (χ0n) is 22.5. The SMILES string of the molecule is CC(C)C(CCOc1ccc2c(c1)C=C(c1nccn1C)C(CCc1ccccc1)O2)C(C)(C)C(=O)O. The van der Waals surface area contributed by atoms with E-state index in [4.69, 9.17) is 9.47 Å². The highest BCUT2D eigenvalue weighted by atomic mass is 16.5. The van der Waals surface area contributed by atoms with Gasteiger partial charge in [-0.25, -0.2) is 4.98 Å². The number of rotatable bonds is 11. The monoisotopic (exact) mass is 502 g/mol. The summed E-state index contributed by atoms with van der Waals surface area (Å²) in [6, 6.07) is 16.3. The Hall–Kier alpha value is -3.54. The smallest absolute Gasteiger partial charge is 0.309 e. The van der Waals surface area contributed by atoms with E-state index in [2.05, 4.69) is 49.2 Å². The maximum absolute atomic E-state index is 11.8. The molecule has 196 valence electrons. The first-order valence-corrected chi connectivity index (χ1v) is 13.1. The van der Waals surface area contributed by atoms with E-state index in [0.717, 1.165) is 41.3 Å². The summed E-state index contributed by atoms with van der Waals surface area (Å²) in [5, 5.41) is 9.69. The van der Waals surface area contributed by atoms with Gasteiger partial charge in [-0.2, -0.15) is 0 Å². The minimum absolute atomic E-state index is 0.00578. The van der Waals surface area contributed by atoms with Crippen LogP contribution in [0.1, 0.15) is 57.5 Å². The van der Waals surface area contributed by atoms with Gasteiger partial charge in [-0.3, -0.25) is 4.79 Å². The molecule has 1 aliphatic heterocycles. The summed E-state index contributed by atoms with van der Waals surface area (Å²) in [7, 11) is 2.00. The Bertz CT molecular complexity index is 1240. The van der Waals surface area contributed by atoms with Crippen molar-refractivity contribution in [3.63, 3.8) is 0 Å². The lowest BCUT2D eigenvalue weighted by Gasteiger charge is -2.33. The minimum Gasteiger partial charge on any atom is -0.494 e. The summed E-state index contributed by atoms with van der Waals surface area (Å²) < 4.78 is 14.6. The van der Waals surface area contributed by atoms with Crippen LogP contribution in [0.3, 0.4) is 0 Å². The van der Waals surface area contributed by atoms with E-state index in [1.54, 1.807) is 13.8 Å². The summed E-state index contributed by atoms with van der Waals surface area (Å²) in [6.45, 7) is 8.20. The van der Waals surface area contributed by atoms with Gasteiger partial charge in [0.15, 0.2) is 0 Å². The highest BCUT2D eigenvalue weighted by molar-refractivity contribution is 5.85. The molecule has 6 nitrogen and oxygen atoms in total. The number of nitrogens with zero attached hydrogens (tertiary/aromatic N) is 2. The number of aliphatic carboxylic acids is 1. The van der Waals surface area contributed by atoms with Gasteiger partial charge in [0.05, 0.1) is 12.0 Å². The first kappa shape index (κ1) is 26.5. The number of hydrogen-bond donors (Lipinski definition) is 1. The number of hydrogen-bond acceptors (Lipinski definition) is 4. The van der Waals surface area contributed by atoms with E-state index in [0.29, 0.717) is 13.0 Å². The van der Waals surface area contributed by atoms with Crippen molar-refractivity contribution < 1.29 is 19.4 Å². The Kier molecular flexibility index (Phi) is 8.06. The summed E-state index contributed by atoms with van der Waals surface area (Å²) in [6.07, 6.45) is 8.23. The van der Waals surface area contributed by atoms with Crippen LogP contribution >= 0.6 is 0 Å². The van der Waals surface area contributed by atoms with E-state index in [-0.39, 0.29) is 17.9 Å². The first-order chi connectivity index (χ1) is 17.7. The maximum Gasteiger partial charge on any atom is 0.309 e. The number of imidazole rings is 1. The molecule has 6 heteroatoms. The average molecular weight is 503 g/mol. The second-order valence-electron chi connectivity index (χ2n) is 10.8. The predicted octanol–water partition coefficient (Wildman–Crippen LogP) is 6.51. The quantitative estimate of drug-likeness (QED) is 0.324. The van der Waals surface area contributed by atoms with Crippen LogP contribution in [0.25, 0.3) is 11.6 Å². The predicted molar refractivity (Wildman–Crippen MR) is 147 cm³/mol. The molecule has 0 saturated heterocycles. The summed E-state index contributed by atoms with van der Waals surface area (Å²) in [4.78, 5) is 16.4. The van der Waals surface area contributed by atoms with Gasteiger partial charge in [-0.1, -0.05) is 44.2 Å². The third-order valence-corrected chi connectivity index (χ3v) is 7.51. The molecule has 1 aliphatic rings. The highest BCUT2D eigenvalue weighted by Gasteiger charge is 2.38. The van der Waals surface area contributed by atoms with E-state index in [9.17, 15) is 9.90 Å². The molecule has 0 fully saturated rings. The lowest BCUT2D eigenvalue weighted by molar-refractivity contribution is -0.151. The summed E-state index contributed by atoms with van der Waals surface area (Å²) in [5.41, 5.74) is 2.48. The van der Waals surface area contributed by atoms with Gasteiger partial charge in [0.1, 0.15) is 23.4 Å². The largest absolute Gasteiger partial charge is 0.494 e. The molecule has 2 heterocycles. The second-order valence-corrected chi connectivity index (χ2v) is 10.8. The van der Waals surface area contributed by atoms with Crippen molar-refractivity contribution in [3.05, 3.63) is 77.9 Å². The molecular formula is C31H38N2O4. The van der Waals surface area contributed by atoms with Gasteiger partial charge in [0.2, 0.25) is 0 Å². The fraction of sp³-hybridized carbons (Fsp3) is 0.419. The molecule has 0 bridgehead atoms. The van der Waals surface area contributed by atoms with Crippen LogP contribution in [-0.4, -0.2) is 33.3 Å². The van der Waals surface area contributed by atoms with Gasteiger partial charge < -0.3 is 19.1 Å².